The summed E-state index contributed by atoms with van der Waals surface area (Å²) in [6.45, 7) is 3.79. The van der Waals surface area contributed by atoms with Crippen molar-refractivity contribution in [2.45, 2.75) is 32.4 Å². The van der Waals surface area contributed by atoms with Gasteiger partial charge in [0.15, 0.2) is 0 Å². The largest absolute Gasteiger partial charge is 0.450 e. The van der Waals surface area contributed by atoms with Crippen molar-refractivity contribution in [3.8, 4) is 5.69 Å². The van der Waals surface area contributed by atoms with E-state index in [1.165, 1.54) is 0 Å². The molecule has 1 aromatic heterocycles. The first-order chi connectivity index (χ1) is 13.2. The number of hydrogen-bond donors (Lipinski definition) is 2. The summed E-state index contributed by atoms with van der Waals surface area (Å²) in [4.78, 5) is 25.5. The number of carbonyl (C=O) groups excluding carboxylic acids is 2. The number of aromatic nitrogens is 2. The van der Waals surface area contributed by atoms with Crippen molar-refractivity contribution in [3.63, 3.8) is 0 Å². The topological polar surface area (TPSA) is 88.5 Å². The Morgan fingerprint density at radius 2 is 2.07 bits per heavy atom. The molecule has 0 unspecified atom stereocenters. The van der Waals surface area contributed by atoms with Crippen molar-refractivity contribution in [1.29, 1.82) is 0 Å². The first-order valence-corrected chi connectivity index (χ1v) is 9.20. The van der Waals surface area contributed by atoms with Crippen LogP contribution in [0.1, 0.15) is 25.3 Å². The Morgan fingerprint density at radius 3 is 2.78 bits per heavy atom. The minimum absolute atomic E-state index is 0.0612. The third-order valence-electron chi connectivity index (χ3n) is 4.49. The fourth-order valence-corrected chi connectivity index (χ4v) is 3.07. The number of hydrogen-bond acceptors (Lipinski definition) is 4. The molecule has 1 aliphatic rings. The van der Waals surface area contributed by atoms with Crippen LogP contribution in [-0.2, 0) is 11.3 Å². The van der Waals surface area contributed by atoms with Gasteiger partial charge in [-0.05, 0) is 43.5 Å². The van der Waals surface area contributed by atoms with Crippen molar-refractivity contribution in [1.82, 2.24) is 25.3 Å². The van der Waals surface area contributed by atoms with Gasteiger partial charge >= 0.3 is 12.1 Å². The zero-order valence-electron chi connectivity index (χ0n) is 15.4. The van der Waals surface area contributed by atoms with Gasteiger partial charge in [0, 0.05) is 38.1 Å². The molecule has 2 heterocycles. The molecule has 3 rings (SSSR count). The number of nitrogens with one attached hydrogen (secondary N) is 2. The molecule has 27 heavy (non-hydrogen) atoms. The fourth-order valence-electron chi connectivity index (χ4n) is 3.07. The lowest BCUT2D eigenvalue weighted by Gasteiger charge is -2.31. The van der Waals surface area contributed by atoms with Crippen LogP contribution in [0.15, 0.2) is 42.7 Å². The predicted octanol–water partition coefficient (Wildman–Crippen LogP) is 2.29. The van der Waals surface area contributed by atoms with E-state index >= 15 is 0 Å². The third-order valence-corrected chi connectivity index (χ3v) is 4.49. The molecule has 1 saturated heterocycles. The van der Waals surface area contributed by atoms with Crippen LogP contribution in [0.5, 0.6) is 0 Å². The zero-order chi connectivity index (χ0) is 19.1. The highest BCUT2D eigenvalue weighted by molar-refractivity contribution is 5.74. The molecule has 8 heteroatoms. The van der Waals surface area contributed by atoms with E-state index in [2.05, 4.69) is 15.7 Å². The molecule has 0 atom stereocenters. The summed E-state index contributed by atoms with van der Waals surface area (Å²) < 4.78 is 6.78. The monoisotopic (exact) mass is 371 g/mol. The van der Waals surface area contributed by atoms with Crippen molar-refractivity contribution < 1.29 is 14.3 Å². The van der Waals surface area contributed by atoms with Crippen LogP contribution >= 0.6 is 0 Å². The number of likely N-dealkylation sites (tertiary alicyclic amines) is 1. The van der Waals surface area contributed by atoms with Crippen molar-refractivity contribution in [2.75, 3.05) is 19.7 Å². The molecular weight excluding hydrogens is 346 g/mol. The standard InChI is InChI=1S/C19H25N5O3/c1-2-27-19(26)23-11-7-16(8-12-23)22-18(25)20-14-15-5-3-6-17(13-15)24-10-4-9-21-24/h3-6,9-10,13,16H,2,7-8,11-12,14H2,1H3,(H2,20,22,25). The van der Waals surface area contributed by atoms with Gasteiger partial charge < -0.3 is 20.3 Å². The van der Waals surface area contributed by atoms with Gasteiger partial charge in [0.25, 0.3) is 0 Å². The summed E-state index contributed by atoms with van der Waals surface area (Å²) in [7, 11) is 0. The number of nitrogens with zero attached hydrogens (tertiary/aromatic N) is 3. The maximum absolute atomic E-state index is 12.2. The van der Waals surface area contributed by atoms with Crippen LogP contribution in [0.2, 0.25) is 0 Å². The molecule has 0 radical (unpaired) electrons. The van der Waals surface area contributed by atoms with E-state index in [-0.39, 0.29) is 18.2 Å². The van der Waals surface area contributed by atoms with Crippen molar-refractivity contribution in [2.24, 2.45) is 0 Å². The number of rotatable bonds is 5. The van der Waals surface area contributed by atoms with Crippen LogP contribution in [0.4, 0.5) is 9.59 Å². The number of benzene rings is 1. The predicted molar refractivity (Wildman–Crippen MR) is 101 cm³/mol. The quantitative estimate of drug-likeness (QED) is 0.844. The molecule has 0 saturated carbocycles. The second kappa shape index (κ2) is 9.07. The van der Waals surface area contributed by atoms with E-state index in [1.807, 2.05) is 36.5 Å². The summed E-state index contributed by atoms with van der Waals surface area (Å²) >= 11 is 0. The second-order valence-electron chi connectivity index (χ2n) is 6.41. The van der Waals surface area contributed by atoms with E-state index in [0.29, 0.717) is 26.2 Å². The molecule has 1 aromatic carbocycles. The lowest BCUT2D eigenvalue weighted by atomic mass is 10.1. The Morgan fingerprint density at radius 1 is 1.26 bits per heavy atom. The van der Waals surface area contributed by atoms with Gasteiger partial charge in [0.05, 0.1) is 12.3 Å². The highest BCUT2D eigenvalue weighted by Crippen LogP contribution is 2.12. The number of carbonyl (C=O) groups is 2. The molecule has 2 aromatic rings. The Bertz CT molecular complexity index is 754. The van der Waals surface area contributed by atoms with Gasteiger partial charge in [-0.15, -0.1) is 0 Å². The molecule has 144 valence electrons. The molecule has 1 aliphatic heterocycles. The van der Waals surface area contributed by atoms with Crippen molar-refractivity contribution >= 4 is 12.1 Å². The lowest BCUT2D eigenvalue weighted by Crippen LogP contribution is -2.49. The van der Waals surface area contributed by atoms with Gasteiger partial charge in [-0.2, -0.15) is 5.10 Å². The Hall–Kier alpha value is -3.03. The molecule has 0 spiro atoms. The fraction of sp³-hybridized carbons (Fsp3) is 0.421. The van der Waals surface area contributed by atoms with Gasteiger partial charge in [-0.3, -0.25) is 0 Å². The van der Waals surface area contributed by atoms with Gasteiger partial charge in [-0.1, -0.05) is 12.1 Å². The van der Waals surface area contributed by atoms with Crippen LogP contribution < -0.4 is 10.6 Å². The summed E-state index contributed by atoms with van der Waals surface area (Å²) in [5.41, 5.74) is 1.95. The smallest absolute Gasteiger partial charge is 0.409 e. The molecule has 1 fully saturated rings. The molecule has 3 amide bonds. The maximum atomic E-state index is 12.2. The minimum Gasteiger partial charge on any atom is -0.450 e. The molecule has 0 bridgehead atoms. The lowest BCUT2D eigenvalue weighted by molar-refractivity contribution is 0.0957. The second-order valence-corrected chi connectivity index (χ2v) is 6.41. The van der Waals surface area contributed by atoms with E-state index < -0.39 is 0 Å². The average Bonchev–Trinajstić information content (AvgIpc) is 3.22. The van der Waals surface area contributed by atoms with E-state index in [1.54, 1.807) is 22.7 Å². The Balaban J connectivity index is 1.43. The first kappa shape index (κ1) is 18.8. The van der Waals surface area contributed by atoms with E-state index in [4.69, 9.17) is 4.74 Å². The molecule has 0 aliphatic carbocycles. The van der Waals surface area contributed by atoms with Gasteiger partial charge in [-0.25, -0.2) is 14.3 Å². The molecular formula is C19H25N5O3. The summed E-state index contributed by atoms with van der Waals surface area (Å²) in [6, 6.07) is 9.59. The highest BCUT2D eigenvalue weighted by atomic mass is 16.6. The van der Waals surface area contributed by atoms with Gasteiger partial charge in [0.2, 0.25) is 0 Å². The minimum atomic E-state index is -0.280. The first-order valence-electron chi connectivity index (χ1n) is 9.20. The SMILES string of the molecule is CCOC(=O)N1CCC(NC(=O)NCc2cccc(-n3cccn3)c2)CC1. The third kappa shape index (κ3) is 5.22. The normalized spacial score (nSPS) is 14.6. The zero-order valence-corrected chi connectivity index (χ0v) is 15.4. The number of piperidine rings is 1. The molecule has 2 N–H and O–H groups in total. The van der Waals surface area contributed by atoms with Crippen LogP contribution in [-0.4, -0.2) is 52.5 Å². The van der Waals surface area contributed by atoms with E-state index in [9.17, 15) is 9.59 Å². The van der Waals surface area contributed by atoms with Gasteiger partial charge in [0.1, 0.15) is 0 Å². The summed E-state index contributed by atoms with van der Waals surface area (Å²) in [6.07, 6.45) is 4.77. The van der Waals surface area contributed by atoms with Crippen LogP contribution in [0, 0.1) is 0 Å². The van der Waals surface area contributed by atoms with Crippen molar-refractivity contribution in [3.05, 3.63) is 48.3 Å². The Labute approximate surface area is 158 Å². The number of urea groups is 1. The molecule has 8 nitrogen and oxygen atoms in total. The number of amides is 3. The Kier molecular flexibility index (Phi) is 6.30. The van der Waals surface area contributed by atoms with Crippen LogP contribution in [0.3, 0.4) is 0 Å². The number of ether oxygens (including phenoxy) is 1. The van der Waals surface area contributed by atoms with E-state index in [0.717, 1.165) is 24.1 Å². The maximum Gasteiger partial charge on any atom is 0.409 e. The highest BCUT2D eigenvalue weighted by Gasteiger charge is 2.24. The summed E-state index contributed by atoms with van der Waals surface area (Å²) in [5, 5.41) is 10.1. The summed E-state index contributed by atoms with van der Waals surface area (Å²) in [5.74, 6) is 0. The average molecular weight is 371 g/mol. The van der Waals surface area contributed by atoms with Crippen LogP contribution in [0.25, 0.3) is 5.69 Å².